The van der Waals surface area contributed by atoms with Crippen molar-refractivity contribution in [2.45, 2.75) is 39.0 Å². The van der Waals surface area contributed by atoms with Crippen LogP contribution < -0.4 is 0 Å². The molecule has 4 nitrogen and oxygen atoms in total. The van der Waals surface area contributed by atoms with E-state index >= 15 is 0 Å². The number of hydrogen-bond donors (Lipinski definition) is 1. The van der Waals surface area contributed by atoms with Gasteiger partial charge in [-0.2, -0.15) is 0 Å². The van der Waals surface area contributed by atoms with Crippen LogP contribution in [0.4, 0.5) is 0 Å². The first-order valence-electron chi connectivity index (χ1n) is 9.47. The SMILES string of the molecule is COC(=O)CCC(C)C1CCC[N+]2=C1c1[nH]c3ccccc3c1CC2. The van der Waals surface area contributed by atoms with Crippen LogP contribution in [0.1, 0.15) is 43.9 Å². The van der Waals surface area contributed by atoms with Crippen LogP contribution >= 0.6 is 0 Å². The Kier molecular flexibility index (Phi) is 4.36. The first-order valence-corrected chi connectivity index (χ1v) is 9.47. The summed E-state index contributed by atoms with van der Waals surface area (Å²) in [6.45, 7) is 4.57. The smallest absolute Gasteiger partial charge is 0.305 e. The highest BCUT2D eigenvalue weighted by Crippen LogP contribution is 2.35. The number of ether oxygens (including phenoxy) is 1. The van der Waals surface area contributed by atoms with E-state index < -0.39 is 0 Å². The summed E-state index contributed by atoms with van der Waals surface area (Å²) < 4.78 is 7.41. The third-order valence-corrected chi connectivity index (χ3v) is 6.05. The molecule has 2 atom stereocenters. The van der Waals surface area contributed by atoms with Crippen LogP contribution in [-0.2, 0) is 16.0 Å². The van der Waals surface area contributed by atoms with Gasteiger partial charge in [-0.1, -0.05) is 25.1 Å². The van der Waals surface area contributed by atoms with Crippen molar-refractivity contribution in [3.05, 3.63) is 35.5 Å². The third-order valence-electron chi connectivity index (χ3n) is 6.05. The summed E-state index contributed by atoms with van der Waals surface area (Å²) in [7, 11) is 1.47. The van der Waals surface area contributed by atoms with Gasteiger partial charge in [0.25, 0.3) is 0 Å². The Morgan fingerprint density at radius 2 is 2.20 bits per heavy atom. The van der Waals surface area contributed by atoms with E-state index in [1.165, 1.54) is 47.8 Å². The maximum atomic E-state index is 11.6. The van der Waals surface area contributed by atoms with Crippen molar-refractivity contribution in [1.82, 2.24) is 4.98 Å². The minimum atomic E-state index is -0.0977. The lowest BCUT2D eigenvalue weighted by atomic mass is 9.78. The van der Waals surface area contributed by atoms with Crippen LogP contribution in [0.5, 0.6) is 0 Å². The Bertz CT molecular complexity index is 834. The number of hydrogen-bond acceptors (Lipinski definition) is 2. The fraction of sp³-hybridized carbons (Fsp3) is 0.524. The van der Waals surface area contributed by atoms with Crippen LogP contribution in [0.2, 0.25) is 0 Å². The van der Waals surface area contributed by atoms with Gasteiger partial charge in [-0.3, -0.25) is 4.79 Å². The second-order valence-electron chi connectivity index (χ2n) is 7.49. The molecule has 2 aliphatic heterocycles. The van der Waals surface area contributed by atoms with Crippen molar-refractivity contribution in [2.24, 2.45) is 11.8 Å². The molecule has 0 saturated carbocycles. The number of esters is 1. The lowest BCUT2D eigenvalue weighted by Gasteiger charge is -2.30. The predicted molar refractivity (Wildman–Crippen MR) is 99.2 cm³/mol. The van der Waals surface area contributed by atoms with E-state index in [0.717, 1.165) is 25.9 Å². The number of carbonyl (C=O) groups is 1. The standard InChI is InChI=1S/C21H26N2O2/c1-14(9-10-19(24)25-2)15-7-5-12-23-13-11-17-16-6-3-4-8-18(16)22-20(17)21(15)23/h3-4,6,8,14-15H,5,7,9-13H2,1-2H3/p+1. The van der Waals surface area contributed by atoms with Gasteiger partial charge in [-0.05, 0) is 30.4 Å². The molecular weight excluding hydrogens is 312 g/mol. The number of nitrogens with zero attached hydrogens (tertiary/aromatic N) is 1. The van der Waals surface area contributed by atoms with Crippen LogP contribution in [0, 0.1) is 11.8 Å². The van der Waals surface area contributed by atoms with E-state index in [9.17, 15) is 4.79 Å². The van der Waals surface area contributed by atoms with Gasteiger partial charge < -0.3 is 9.72 Å². The number of aromatic amines is 1. The normalized spacial score (nSPS) is 21.0. The molecule has 0 spiro atoms. The Hall–Kier alpha value is -2.10. The van der Waals surface area contributed by atoms with Crippen molar-refractivity contribution in [2.75, 3.05) is 20.2 Å². The predicted octanol–water partition coefficient (Wildman–Crippen LogP) is 3.52. The average Bonchev–Trinajstić information content (AvgIpc) is 3.04. The van der Waals surface area contributed by atoms with Crippen molar-refractivity contribution in [3.8, 4) is 0 Å². The van der Waals surface area contributed by atoms with E-state index in [4.69, 9.17) is 4.74 Å². The van der Waals surface area contributed by atoms with Crippen LogP contribution in [0.25, 0.3) is 10.9 Å². The second kappa shape index (κ2) is 6.66. The number of nitrogens with one attached hydrogen (secondary N) is 1. The third kappa shape index (κ3) is 2.88. The van der Waals surface area contributed by atoms with E-state index in [-0.39, 0.29) is 5.97 Å². The molecule has 25 heavy (non-hydrogen) atoms. The number of aromatic nitrogens is 1. The van der Waals surface area contributed by atoms with E-state index in [0.29, 0.717) is 18.3 Å². The molecule has 1 aromatic heterocycles. The Labute approximate surface area is 148 Å². The number of methoxy groups -OCH3 is 1. The van der Waals surface area contributed by atoms with Gasteiger partial charge in [0.15, 0.2) is 0 Å². The highest BCUT2D eigenvalue weighted by molar-refractivity contribution is 6.04. The number of para-hydroxylation sites is 1. The van der Waals surface area contributed by atoms with Crippen LogP contribution in [-0.4, -0.2) is 41.4 Å². The quantitative estimate of drug-likeness (QED) is 0.684. The number of benzene rings is 1. The first kappa shape index (κ1) is 16.4. The molecule has 2 aliphatic rings. The molecule has 2 aromatic rings. The fourth-order valence-corrected chi connectivity index (χ4v) is 4.70. The molecule has 0 fully saturated rings. The summed E-state index contributed by atoms with van der Waals surface area (Å²) in [5.41, 5.74) is 5.56. The zero-order chi connectivity index (χ0) is 17.4. The van der Waals surface area contributed by atoms with Gasteiger partial charge in [-0.25, -0.2) is 4.58 Å². The molecule has 0 radical (unpaired) electrons. The maximum Gasteiger partial charge on any atom is 0.305 e. The first-order chi connectivity index (χ1) is 12.2. The molecular formula is C21H27N2O2+. The average molecular weight is 339 g/mol. The Balaban J connectivity index is 1.69. The molecule has 1 aromatic carbocycles. The molecule has 0 aliphatic carbocycles. The largest absolute Gasteiger partial charge is 0.469 e. The summed E-state index contributed by atoms with van der Waals surface area (Å²) in [5.74, 6) is 0.902. The van der Waals surface area contributed by atoms with E-state index in [1.54, 1.807) is 0 Å². The van der Waals surface area contributed by atoms with Crippen LogP contribution in [0.15, 0.2) is 24.3 Å². The molecule has 4 heteroatoms. The Morgan fingerprint density at radius 1 is 1.36 bits per heavy atom. The van der Waals surface area contributed by atoms with E-state index in [2.05, 4.69) is 40.7 Å². The van der Waals surface area contributed by atoms with Gasteiger partial charge in [0, 0.05) is 36.1 Å². The zero-order valence-corrected chi connectivity index (χ0v) is 15.2. The van der Waals surface area contributed by atoms with E-state index in [1.807, 2.05) is 0 Å². The van der Waals surface area contributed by atoms with Gasteiger partial charge in [0.2, 0.25) is 5.71 Å². The fourth-order valence-electron chi connectivity index (χ4n) is 4.70. The highest BCUT2D eigenvalue weighted by atomic mass is 16.5. The van der Waals surface area contributed by atoms with Gasteiger partial charge in [0.1, 0.15) is 18.8 Å². The van der Waals surface area contributed by atoms with Gasteiger partial charge in [0.05, 0.1) is 7.11 Å². The lowest BCUT2D eigenvalue weighted by molar-refractivity contribution is -0.536. The molecule has 0 saturated heterocycles. The van der Waals surface area contributed by atoms with Crippen LogP contribution in [0.3, 0.4) is 0 Å². The monoisotopic (exact) mass is 339 g/mol. The minimum absolute atomic E-state index is 0.0977. The number of carbonyl (C=O) groups excluding carboxylic acids is 1. The molecule has 0 bridgehead atoms. The summed E-state index contributed by atoms with van der Waals surface area (Å²) >= 11 is 0. The molecule has 4 rings (SSSR count). The van der Waals surface area contributed by atoms with Crippen molar-refractivity contribution in [3.63, 3.8) is 0 Å². The molecule has 3 heterocycles. The molecule has 2 unspecified atom stereocenters. The topological polar surface area (TPSA) is 45.1 Å². The number of fused-ring (bicyclic) bond motifs is 4. The summed E-state index contributed by atoms with van der Waals surface area (Å²) in [5, 5.41) is 1.37. The minimum Gasteiger partial charge on any atom is -0.469 e. The van der Waals surface area contributed by atoms with Gasteiger partial charge >= 0.3 is 5.97 Å². The lowest BCUT2D eigenvalue weighted by Crippen LogP contribution is -2.41. The maximum absolute atomic E-state index is 11.6. The highest BCUT2D eigenvalue weighted by Gasteiger charge is 2.39. The van der Waals surface area contributed by atoms with Crippen molar-refractivity contribution < 1.29 is 14.1 Å². The summed E-state index contributed by atoms with van der Waals surface area (Å²) in [4.78, 5) is 15.3. The zero-order valence-electron chi connectivity index (χ0n) is 15.2. The molecule has 1 N–H and O–H groups in total. The summed E-state index contributed by atoms with van der Waals surface area (Å²) in [6, 6.07) is 8.64. The Morgan fingerprint density at radius 3 is 3.04 bits per heavy atom. The number of H-pyrrole nitrogens is 1. The number of rotatable bonds is 4. The summed E-state index contributed by atoms with van der Waals surface area (Å²) in [6.07, 6.45) is 4.98. The van der Waals surface area contributed by atoms with Gasteiger partial charge in [-0.15, -0.1) is 0 Å². The van der Waals surface area contributed by atoms with Crippen molar-refractivity contribution in [1.29, 1.82) is 0 Å². The molecule has 132 valence electrons. The second-order valence-corrected chi connectivity index (χ2v) is 7.49. The van der Waals surface area contributed by atoms with Crippen molar-refractivity contribution >= 4 is 22.6 Å². The molecule has 0 amide bonds.